The second kappa shape index (κ2) is 6.98. The molecule has 0 spiro atoms. The average molecular weight is 345 g/mol. The van der Waals surface area contributed by atoms with Gasteiger partial charge in [0.25, 0.3) is 0 Å². The molecule has 0 amide bonds. The fourth-order valence-electron chi connectivity index (χ4n) is 2.82. The van der Waals surface area contributed by atoms with Crippen LogP contribution in [0.3, 0.4) is 0 Å². The van der Waals surface area contributed by atoms with E-state index in [1.807, 2.05) is 7.05 Å². The first-order chi connectivity index (χ1) is 9.54. The second-order valence-corrected chi connectivity index (χ2v) is 6.26. The van der Waals surface area contributed by atoms with Crippen molar-refractivity contribution in [1.82, 2.24) is 10.2 Å². The molecule has 0 aliphatic carbocycles. The molecule has 1 aromatic carbocycles. The highest BCUT2D eigenvalue weighted by Crippen LogP contribution is 2.35. The number of ether oxygens (including phenoxy) is 1. The molecule has 2 atom stereocenters. The Morgan fingerprint density at radius 1 is 1.50 bits per heavy atom. The van der Waals surface area contributed by atoms with Crippen LogP contribution in [-0.4, -0.2) is 43.8 Å². The first-order valence-corrected chi connectivity index (χ1v) is 7.80. The largest absolute Gasteiger partial charge is 0.374 e. The first kappa shape index (κ1) is 15.9. The van der Waals surface area contributed by atoms with E-state index in [4.69, 9.17) is 4.74 Å². The zero-order valence-electron chi connectivity index (χ0n) is 12.2. The molecule has 20 heavy (non-hydrogen) atoms. The smallest absolute Gasteiger partial charge is 0.123 e. The zero-order chi connectivity index (χ0) is 14.7. The number of nitrogens with one attached hydrogen (secondary N) is 1. The van der Waals surface area contributed by atoms with E-state index in [1.165, 1.54) is 6.07 Å². The van der Waals surface area contributed by atoms with E-state index in [0.717, 1.165) is 23.1 Å². The quantitative estimate of drug-likeness (QED) is 0.908. The minimum absolute atomic E-state index is 0.0225. The van der Waals surface area contributed by atoms with Crippen molar-refractivity contribution in [2.75, 3.05) is 26.7 Å². The van der Waals surface area contributed by atoms with Gasteiger partial charge in [0.2, 0.25) is 0 Å². The fourth-order valence-corrected chi connectivity index (χ4v) is 3.31. The molecule has 112 valence electrons. The molecule has 0 radical (unpaired) electrons. The normalized spacial score (nSPS) is 24.3. The molecule has 1 saturated heterocycles. The van der Waals surface area contributed by atoms with E-state index in [1.54, 1.807) is 12.1 Å². The van der Waals surface area contributed by atoms with Crippen molar-refractivity contribution in [1.29, 1.82) is 0 Å². The highest BCUT2D eigenvalue weighted by molar-refractivity contribution is 9.10. The maximum atomic E-state index is 13.6. The van der Waals surface area contributed by atoms with Crippen LogP contribution in [0.4, 0.5) is 4.39 Å². The lowest BCUT2D eigenvalue weighted by molar-refractivity contribution is -0.0818. The van der Waals surface area contributed by atoms with E-state index in [0.29, 0.717) is 12.6 Å². The summed E-state index contributed by atoms with van der Waals surface area (Å²) in [6, 6.07) is 5.31. The van der Waals surface area contributed by atoms with E-state index in [9.17, 15) is 4.39 Å². The summed E-state index contributed by atoms with van der Waals surface area (Å²) in [5.74, 6) is -0.208. The molecule has 1 aliphatic rings. The SMILES string of the molecule is CNCC1OCCN(C(C)C)C1c1cc(F)ccc1Br. The van der Waals surface area contributed by atoms with Gasteiger partial charge in [0.05, 0.1) is 18.8 Å². The van der Waals surface area contributed by atoms with Crippen LogP contribution in [0, 0.1) is 5.82 Å². The van der Waals surface area contributed by atoms with Crippen molar-refractivity contribution in [3.05, 3.63) is 34.1 Å². The molecular formula is C15H22BrFN2O. The van der Waals surface area contributed by atoms with E-state index in [-0.39, 0.29) is 18.0 Å². The monoisotopic (exact) mass is 344 g/mol. The van der Waals surface area contributed by atoms with Crippen molar-refractivity contribution in [2.45, 2.75) is 32.0 Å². The Kier molecular flexibility index (Phi) is 5.55. The molecule has 2 unspecified atom stereocenters. The van der Waals surface area contributed by atoms with Gasteiger partial charge in [-0.05, 0) is 44.7 Å². The van der Waals surface area contributed by atoms with Gasteiger partial charge in [-0.2, -0.15) is 0 Å². The van der Waals surface area contributed by atoms with Crippen LogP contribution in [0.2, 0.25) is 0 Å². The molecule has 3 nitrogen and oxygen atoms in total. The van der Waals surface area contributed by atoms with Gasteiger partial charge in [0.15, 0.2) is 0 Å². The third-order valence-electron chi connectivity index (χ3n) is 3.74. The molecule has 1 aromatic rings. The standard InChI is InChI=1S/C15H22BrFN2O/c1-10(2)19-6-7-20-14(9-18-3)15(19)12-8-11(17)4-5-13(12)16/h4-5,8,10,14-15,18H,6-7,9H2,1-3H3. The Morgan fingerprint density at radius 3 is 2.90 bits per heavy atom. The van der Waals surface area contributed by atoms with Crippen molar-refractivity contribution in [2.24, 2.45) is 0 Å². The third-order valence-corrected chi connectivity index (χ3v) is 4.46. The summed E-state index contributed by atoms with van der Waals surface area (Å²) in [6.45, 7) is 6.67. The number of rotatable bonds is 4. The van der Waals surface area contributed by atoms with Crippen LogP contribution in [0.15, 0.2) is 22.7 Å². The van der Waals surface area contributed by atoms with Crippen LogP contribution >= 0.6 is 15.9 Å². The predicted molar refractivity (Wildman–Crippen MR) is 82.3 cm³/mol. The molecular weight excluding hydrogens is 323 g/mol. The van der Waals surface area contributed by atoms with Crippen LogP contribution in [0.5, 0.6) is 0 Å². The number of hydrogen-bond acceptors (Lipinski definition) is 3. The zero-order valence-corrected chi connectivity index (χ0v) is 13.8. The van der Waals surface area contributed by atoms with Gasteiger partial charge in [-0.1, -0.05) is 15.9 Å². The summed E-state index contributed by atoms with van der Waals surface area (Å²) >= 11 is 3.55. The van der Waals surface area contributed by atoms with Crippen molar-refractivity contribution < 1.29 is 9.13 Å². The Balaban J connectivity index is 2.40. The van der Waals surface area contributed by atoms with Gasteiger partial charge in [-0.3, -0.25) is 4.90 Å². The summed E-state index contributed by atoms with van der Waals surface area (Å²) < 4.78 is 20.5. The van der Waals surface area contributed by atoms with Crippen molar-refractivity contribution in [3.63, 3.8) is 0 Å². The summed E-state index contributed by atoms with van der Waals surface area (Å²) in [6.07, 6.45) is 0.0225. The van der Waals surface area contributed by atoms with Crippen LogP contribution in [0.25, 0.3) is 0 Å². The van der Waals surface area contributed by atoms with Crippen LogP contribution < -0.4 is 5.32 Å². The first-order valence-electron chi connectivity index (χ1n) is 7.01. The number of likely N-dealkylation sites (N-methyl/N-ethyl adjacent to an activating group) is 1. The Morgan fingerprint density at radius 2 is 2.25 bits per heavy atom. The maximum absolute atomic E-state index is 13.6. The minimum atomic E-state index is -0.208. The van der Waals surface area contributed by atoms with Gasteiger partial charge < -0.3 is 10.1 Å². The molecule has 1 N–H and O–H groups in total. The minimum Gasteiger partial charge on any atom is -0.374 e. The molecule has 0 aromatic heterocycles. The lowest BCUT2D eigenvalue weighted by Gasteiger charge is -2.44. The molecule has 5 heteroatoms. The highest BCUT2D eigenvalue weighted by Gasteiger charge is 2.35. The lowest BCUT2D eigenvalue weighted by atomic mass is 9.96. The number of benzene rings is 1. The Labute approximate surface area is 128 Å². The van der Waals surface area contributed by atoms with Crippen LogP contribution in [0.1, 0.15) is 25.5 Å². The average Bonchev–Trinajstić information content (AvgIpc) is 2.42. The predicted octanol–water partition coefficient (Wildman–Crippen LogP) is 2.96. The van der Waals surface area contributed by atoms with Crippen LogP contribution in [-0.2, 0) is 4.74 Å². The Hall–Kier alpha value is -0.490. The topological polar surface area (TPSA) is 24.5 Å². The molecule has 0 bridgehead atoms. The maximum Gasteiger partial charge on any atom is 0.123 e. The highest BCUT2D eigenvalue weighted by atomic mass is 79.9. The number of nitrogens with zero attached hydrogens (tertiary/aromatic N) is 1. The van der Waals surface area contributed by atoms with E-state index < -0.39 is 0 Å². The van der Waals surface area contributed by atoms with Gasteiger partial charge >= 0.3 is 0 Å². The molecule has 0 saturated carbocycles. The van der Waals surface area contributed by atoms with Gasteiger partial charge in [-0.15, -0.1) is 0 Å². The summed E-state index contributed by atoms with van der Waals surface area (Å²) in [4.78, 5) is 2.38. The number of morpholine rings is 1. The molecule has 2 rings (SSSR count). The van der Waals surface area contributed by atoms with Gasteiger partial charge in [0, 0.05) is 23.6 Å². The lowest BCUT2D eigenvalue weighted by Crippen LogP contribution is -2.51. The third kappa shape index (κ3) is 3.39. The molecule has 1 fully saturated rings. The molecule has 1 heterocycles. The number of halogens is 2. The van der Waals surface area contributed by atoms with Gasteiger partial charge in [0.1, 0.15) is 5.82 Å². The number of hydrogen-bond donors (Lipinski definition) is 1. The molecule has 1 aliphatic heterocycles. The van der Waals surface area contributed by atoms with E-state index >= 15 is 0 Å². The fraction of sp³-hybridized carbons (Fsp3) is 0.600. The second-order valence-electron chi connectivity index (χ2n) is 5.41. The van der Waals surface area contributed by atoms with E-state index in [2.05, 4.69) is 40.0 Å². The summed E-state index contributed by atoms with van der Waals surface area (Å²) in [7, 11) is 1.91. The summed E-state index contributed by atoms with van der Waals surface area (Å²) in [5.41, 5.74) is 0.957. The Bertz CT molecular complexity index is 453. The van der Waals surface area contributed by atoms with Crippen molar-refractivity contribution >= 4 is 15.9 Å². The summed E-state index contributed by atoms with van der Waals surface area (Å²) in [5, 5.41) is 3.17. The van der Waals surface area contributed by atoms with Crippen molar-refractivity contribution in [3.8, 4) is 0 Å². The van der Waals surface area contributed by atoms with Gasteiger partial charge in [-0.25, -0.2) is 4.39 Å².